The molecule has 0 aliphatic heterocycles. The Kier molecular flexibility index (Phi) is 6.68. The van der Waals surface area contributed by atoms with Gasteiger partial charge in [-0.15, -0.1) is 11.6 Å². The molecule has 0 atom stereocenters. The molecule has 8 heavy (non-hydrogen) atoms. The molecule has 2 heteroatoms. The number of rotatable bonds is 4. The fraction of sp³-hybridized carbons (Fsp3) is 0.667. The lowest BCUT2D eigenvalue weighted by Gasteiger charge is -1.92. The monoisotopic (exact) mass is 134 g/mol. The smallest absolute Gasteiger partial charge is 0.0870 e. The van der Waals surface area contributed by atoms with Crippen molar-refractivity contribution in [1.82, 2.24) is 0 Å². The first-order valence-corrected chi connectivity index (χ1v) is 3.27. The Balaban J connectivity index is 2.80. The molecule has 0 unspecified atom stereocenters. The Hall–Kier alpha value is -0.170. The minimum Gasteiger partial charge on any atom is -0.502 e. The van der Waals surface area contributed by atoms with Crippen LogP contribution in [0.15, 0.2) is 12.3 Å². The molecule has 0 radical (unpaired) electrons. The van der Waals surface area contributed by atoms with Crippen molar-refractivity contribution in [1.29, 1.82) is 0 Å². The predicted molar refractivity (Wildman–Crippen MR) is 36.1 cm³/mol. The molecule has 0 saturated carbocycles. The zero-order valence-electron chi connectivity index (χ0n) is 5.06. The van der Waals surface area contributed by atoms with Crippen LogP contribution in [0.2, 0.25) is 0 Å². The van der Waals surface area contributed by atoms with Crippen molar-refractivity contribution < 1.29 is 4.74 Å². The van der Waals surface area contributed by atoms with Gasteiger partial charge in [-0.1, -0.05) is 6.92 Å². The van der Waals surface area contributed by atoms with Gasteiger partial charge >= 0.3 is 0 Å². The quantitative estimate of drug-likeness (QED) is 0.325. The van der Waals surface area contributed by atoms with E-state index in [9.17, 15) is 0 Å². The van der Waals surface area contributed by atoms with Crippen LogP contribution in [-0.4, -0.2) is 12.5 Å². The molecule has 0 aliphatic carbocycles. The Morgan fingerprint density at radius 3 is 2.88 bits per heavy atom. The summed E-state index contributed by atoms with van der Waals surface area (Å²) >= 11 is 5.31. The third-order valence-electron chi connectivity index (χ3n) is 0.604. The Morgan fingerprint density at radius 1 is 1.62 bits per heavy atom. The zero-order valence-corrected chi connectivity index (χ0v) is 5.82. The van der Waals surface area contributed by atoms with Crippen LogP contribution in [0.5, 0.6) is 0 Å². The van der Waals surface area contributed by atoms with Crippen molar-refractivity contribution in [3.63, 3.8) is 0 Å². The number of alkyl halides is 1. The van der Waals surface area contributed by atoms with E-state index in [-0.39, 0.29) is 0 Å². The average Bonchev–Trinajstić information content (AvgIpc) is 1.81. The highest BCUT2D eigenvalue weighted by Gasteiger charge is 1.72. The molecular formula is C6H11ClO. The third kappa shape index (κ3) is 5.83. The van der Waals surface area contributed by atoms with Crippen molar-refractivity contribution in [2.45, 2.75) is 13.3 Å². The van der Waals surface area contributed by atoms with Crippen LogP contribution in [0, 0.1) is 0 Å². The predicted octanol–water partition coefficient (Wildman–Crippen LogP) is 2.17. The number of halogens is 1. The van der Waals surface area contributed by atoms with Crippen LogP contribution in [0.3, 0.4) is 0 Å². The first kappa shape index (κ1) is 7.83. The van der Waals surface area contributed by atoms with Gasteiger partial charge in [-0.25, -0.2) is 0 Å². The minimum atomic E-state index is 0.531. The maximum Gasteiger partial charge on any atom is 0.0870 e. The summed E-state index contributed by atoms with van der Waals surface area (Å²) in [6, 6.07) is 0. The molecule has 48 valence electrons. The number of hydrogen-bond donors (Lipinski definition) is 0. The molecule has 0 N–H and O–H groups in total. The molecule has 0 rings (SSSR count). The summed E-state index contributed by atoms with van der Waals surface area (Å²) in [5.41, 5.74) is 0. The van der Waals surface area contributed by atoms with E-state index in [1.165, 1.54) is 0 Å². The molecule has 0 fully saturated rings. The van der Waals surface area contributed by atoms with E-state index in [2.05, 4.69) is 6.92 Å². The van der Waals surface area contributed by atoms with Crippen molar-refractivity contribution in [2.24, 2.45) is 0 Å². The normalized spacial score (nSPS) is 10.2. The fourth-order valence-electron chi connectivity index (χ4n) is 0.290. The van der Waals surface area contributed by atoms with Gasteiger partial charge in [0.15, 0.2) is 0 Å². The minimum absolute atomic E-state index is 0.531. The van der Waals surface area contributed by atoms with Crippen molar-refractivity contribution in [3.05, 3.63) is 12.3 Å². The summed E-state index contributed by atoms with van der Waals surface area (Å²) in [4.78, 5) is 0. The van der Waals surface area contributed by atoms with E-state index in [1.54, 1.807) is 12.3 Å². The first-order valence-electron chi connectivity index (χ1n) is 2.74. The second-order valence-corrected chi connectivity index (χ2v) is 1.71. The van der Waals surface area contributed by atoms with Gasteiger partial charge in [0.2, 0.25) is 0 Å². The van der Waals surface area contributed by atoms with Gasteiger partial charge in [-0.05, 0) is 12.5 Å². The van der Waals surface area contributed by atoms with E-state index in [0.29, 0.717) is 5.88 Å². The molecular weight excluding hydrogens is 124 g/mol. The Labute approximate surface area is 55.3 Å². The fourth-order valence-corrected chi connectivity index (χ4v) is 0.363. The van der Waals surface area contributed by atoms with Crippen molar-refractivity contribution in [3.8, 4) is 0 Å². The van der Waals surface area contributed by atoms with Crippen LogP contribution in [0.25, 0.3) is 0 Å². The average molecular weight is 135 g/mol. The highest BCUT2D eigenvalue weighted by Crippen LogP contribution is 1.82. The second-order valence-electron chi connectivity index (χ2n) is 1.40. The largest absolute Gasteiger partial charge is 0.502 e. The summed E-state index contributed by atoms with van der Waals surface area (Å²) < 4.78 is 4.96. The van der Waals surface area contributed by atoms with Crippen LogP contribution in [0.4, 0.5) is 0 Å². The van der Waals surface area contributed by atoms with Crippen LogP contribution >= 0.6 is 11.6 Å². The van der Waals surface area contributed by atoms with Gasteiger partial charge < -0.3 is 4.74 Å². The van der Waals surface area contributed by atoms with Gasteiger partial charge in [0, 0.05) is 5.88 Å². The van der Waals surface area contributed by atoms with Gasteiger partial charge in [-0.3, -0.25) is 0 Å². The van der Waals surface area contributed by atoms with Gasteiger partial charge in [0.1, 0.15) is 0 Å². The van der Waals surface area contributed by atoms with Gasteiger partial charge in [-0.2, -0.15) is 0 Å². The molecule has 0 aromatic rings. The lowest BCUT2D eigenvalue weighted by molar-refractivity contribution is 0.249. The standard InChI is InChI=1S/C6H11ClO/c1-2-5-8-6-3-4-7/h3,6H,2,4-5H2,1H3. The summed E-state index contributed by atoms with van der Waals surface area (Å²) in [5.74, 6) is 0.531. The molecule has 0 saturated heterocycles. The Morgan fingerprint density at radius 2 is 2.38 bits per heavy atom. The van der Waals surface area contributed by atoms with Crippen LogP contribution in [0.1, 0.15) is 13.3 Å². The maximum atomic E-state index is 5.31. The van der Waals surface area contributed by atoms with Gasteiger partial charge in [0.05, 0.1) is 12.9 Å². The van der Waals surface area contributed by atoms with Crippen LogP contribution < -0.4 is 0 Å². The topological polar surface area (TPSA) is 9.23 Å². The maximum absolute atomic E-state index is 5.31. The van der Waals surface area contributed by atoms with E-state index < -0.39 is 0 Å². The lowest BCUT2D eigenvalue weighted by Crippen LogP contribution is -1.81. The van der Waals surface area contributed by atoms with Crippen LogP contribution in [-0.2, 0) is 4.74 Å². The molecule has 0 aromatic heterocycles. The van der Waals surface area contributed by atoms with Crippen molar-refractivity contribution >= 4 is 11.6 Å². The highest BCUT2D eigenvalue weighted by molar-refractivity contribution is 6.18. The highest BCUT2D eigenvalue weighted by atomic mass is 35.5. The zero-order chi connectivity index (χ0) is 6.24. The second kappa shape index (κ2) is 6.83. The summed E-state index contributed by atoms with van der Waals surface area (Å²) in [7, 11) is 0. The van der Waals surface area contributed by atoms with Gasteiger partial charge in [0.25, 0.3) is 0 Å². The van der Waals surface area contributed by atoms with E-state index >= 15 is 0 Å². The number of ether oxygens (including phenoxy) is 1. The Bertz CT molecular complexity index is 61.5. The van der Waals surface area contributed by atoms with Crippen molar-refractivity contribution in [2.75, 3.05) is 12.5 Å². The SMILES string of the molecule is CCCOC=CCCl. The summed E-state index contributed by atoms with van der Waals surface area (Å²) in [5, 5.41) is 0. The number of allylic oxidation sites excluding steroid dienone is 1. The molecule has 0 heterocycles. The number of hydrogen-bond acceptors (Lipinski definition) is 1. The molecule has 0 spiro atoms. The first-order chi connectivity index (χ1) is 3.91. The van der Waals surface area contributed by atoms with E-state index in [4.69, 9.17) is 16.3 Å². The summed E-state index contributed by atoms with van der Waals surface area (Å²) in [6.07, 6.45) is 4.46. The lowest BCUT2D eigenvalue weighted by atomic mass is 10.5. The van der Waals surface area contributed by atoms with E-state index in [0.717, 1.165) is 13.0 Å². The summed E-state index contributed by atoms with van der Waals surface area (Å²) in [6.45, 7) is 2.85. The molecule has 0 amide bonds. The molecule has 0 aromatic carbocycles. The van der Waals surface area contributed by atoms with E-state index in [1.807, 2.05) is 0 Å². The molecule has 1 nitrogen and oxygen atoms in total. The molecule has 0 bridgehead atoms. The third-order valence-corrected chi connectivity index (χ3v) is 0.782. The molecule has 0 aliphatic rings.